The van der Waals surface area contributed by atoms with Gasteiger partial charge in [-0.15, -0.1) is 0 Å². The molecular formula is C16H21N3O5S. The van der Waals surface area contributed by atoms with Crippen LogP contribution in [-0.2, 0) is 9.59 Å². The average Bonchev–Trinajstić information content (AvgIpc) is 2.69. The van der Waals surface area contributed by atoms with Crippen molar-refractivity contribution in [3.8, 4) is 5.88 Å². The fraction of sp³-hybridized carbons (Fsp3) is 0.375. The maximum atomic E-state index is 9.55. The Morgan fingerprint density at radius 3 is 2.64 bits per heavy atom. The molecule has 1 atom stereocenters. The minimum atomic E-state index is -1.26. The molecule has 0 aromatic carbocycles. The molecule has 1 unspecified atom stereocenters. The largest absolute Gasteiger partial charge is 0.478 e. The van der Waals surface area contributed by atoms with Gasteiger partial charge in [-0.2, -0.15) is 0 Å². The van der Waals surface area contributed by atoms with E-state index in [2.05, 4.69) is 4.98 Å². The number of carbonyl (C=O) groups is 2. The SMILES string of the molecule is CN1CC(CCCN)Oc2ncccc2C1=S.O=C(O)C=CC(=O)O. The van der Waals surface area contributed by atoms with Crippen molar-refractivity contribution in [3.63, 3.8) is 0 Å². The molecule has 2 rings (SSSR count). The number of aromatic nitrogens is 1. The lowest BCUT2D eigenvalue weighted by molar-refractivity contribution is -0.134. The van der Waals surface area contributed by atoms with Gasteiger partial charge in [0.05, 0.1) is 12.1 Å². The fourth-order valence-electron chi connectivity index (χ4n) is 2.07. The van der Waals surface area contributed by atoms with Crippen molar-refractivity contribution >= 4 is 29.1 Å². The zero-order valence-corrected chi connectivity index (χ0v) is 14.6. The summed E-state index contributed by atoms with van der Waals surface area (Å²) in [7, 11) is 1.99. The highest BCUT2D eigenvalue weighted by atomic mass is 32.1. The third kappa shape index (κ3) is 7.27. The number of pyridine rings is 1. The zero-order valence-electron chi connectivity index (χ0n) is 13.8. The number of hydrogen-bond donors (Lipinski definition) is 3. The summed E-state index contributed by atoms with van der Waals surface area (Å²) in [4.78, 5) is 26.2. The Labute approximate surface area is 150 Å². The highest BCUT2D eigenvalue weighted by Gasteiger charge is 2.24. The fourth-order valence-corrected chi connectivity index (χ4v) is 2.30. The minimum absolute atomic E-state index is 0.109. The standard InChI is InChI=1S/C12H17N3OS.C4H4O4/c1-15-8-9(4-2-6-13)16-11-10(12(15)17)5-3-7-14-11;5-3(6)1-2-4(7)8/h3,5,7,9H,2,4,6,8,13H2,1H3;1-2H,(H,5,6)(H,7,8). The third-order valence-electron chi connectivity index (χ3n) is 3.20. The van der Waals surface area contributed by atoms with Gasteiger partial charge >= 0.3 is 11.9 Å². The molecule has 1 aromatic rings. The lowest BCUT2D eigenvalue weighted by atomic mass is 10.2. The number of nitrogens with two attached hydrogens (primary N) is 1. The molecule has 4 N–H and O–H groups in total. The van der Waals surface area contributed by atoms with Gasteiger partial charge in [0.15, 0.2) is 0 Å². The van der Waals surface area contributed by atoms with Gasteiger partial charge in [-0.05, 0) is 31.5 Å². The van der Waals surface area contributed by atoms with Gasteiger partial charge in [-0.1, -0.05) is 12.2 Å². The number of rotatable bonds is 5. The molecule has 1 aliphatic heterocycles. The van der Waals surface area contributed by atoms with Gasteiger partial charge in [0.25, 0.3) is 0 Å². The van der Waals surface area contributed by atoms with Crippen LogP contribution in [-0.4, -0.2) is 63.3 Å². The topological polar surface area (TPSA) is 126 Å². The summed E-state index contributed by atoms with van der Waals surface area (Å²) < 4.78 is 5.90. The van der Waals surface area contributed by atoms with E-state index in [0.717, 1.165) is 29.9 Å². The number of hydrogen-bond acceptors (Lipinski definition) is 6. The van der Waals surface area contributed by atoms with Gasteiger partial charge < -0.3 is 25.6 Å². The first-order valence-electron chi connectivity index (χ1n) is 7.56. The van der Waals surface area contributed by atoms with E-state index in [4.69, 9.17) is 32.9 Å². The number of aliphatic carboxylic acids is 2. The lowest BCUT2D eigenvalue weighted by Gasteiger charge is -2.21. The molecule has 0 fully saturated rings. The molecule has 25 heavy (non-hydrogen) atoms. The van der Waals surface area contributed by atoms with Crippen molar-refractivity contribution in [1.29, 1.82) is 0 Å². The zero-order chi connectivity index (χ0) is 18.8. The normalized spacial score (nSPS) is 16.3. The molecule has 0 radical (unpaired) electrons. The quantitative estimate of drug-likeness (QED) is 0.514. The average molecular weight is 367 g/mol. The Balaban J connectivity index is 0.000000333. The summed E-state index contributed by atoms with van der Waals surface area (Å²) in [6.45, 7) is 1.47. The maximum absolute atomic E-state index is 9.55. The van der Waals surface area contributed by atoms with E-state index >= 15 is 0 Å². The predicted octanol–water partition coefficient (Wildman–Crippen LogP) is 0.901. The van der Waals surface area contributed by atoms with Crippen LogP contribution in [0, 0.1) is 0 Å². The van der Waals surface area contributed by atoms with Gasteiger partial charge in [-0.25, -0.2) is 14.6 Å². The second kappa shape index (κ2) is 10.4. The Morgan fingerprint density at radius 1 is 1.44 bits per heavy atom. The molecule has 0 aliphatic carbocycles. The van der Waals surface area contributed by atoms with Gasteiger partial charge in [0.2, 0.25) is 5.88 Å². The van der Waals surface area contributed by atoms with Crippen molar-refractivity contribution in [1.82, 2.24) is 9.88 Å². The predicted molar refractivity (Wildman–Crippen MR) is 95.7 cm³/mol. The van der Waals surface area contributed by atoms with E-state index in [9.17, 15) is 9.59 Å². The van der Waals surface area contributed by atoms with Crippen molar-refractivity contribution < 1.29 is 24.5 Å². The van der Waals surface area contributed by atoms with Crippen molar-refractivity contribution in [2.45, 2.75) is 18.9 Å². The van der Waals surface area contributed by atoms with Crippen LogP contribution in [0.4, 0.5) is 0 Å². The van der Waals surface area contributed by atoms with E-state index < -0.39 is 11.9 Å². The second-order valence-electron chi connectivity index (χ2n) is 5.22. The summed E-state index contributed by atoms with van der Waals surface area (Å²) in [6.07, 6.45) is 4.84. The Bertz CT molecular complexity index is 634. The number of carboxylic acids is 2. The molecule has 8 nitrogen and oxygen atoms in total. The molecule has 0 saturated carbocycles. The first-order chi connectivity index (χ1) is 11.8. The van der Waals surface area contributed by atoms with Crippen LogP contribution >= 0.6 is 12.2 Å². The number of likely N-dealkylation sites (N-methyl/N-ethyl adjacent to an activating group) is 1. The molecule has 0 amide bonds. The highest BCUT2D eigenvalue weighted by molar-refractivity contribution is 7.80. The summed E-state index contributed by atoms with van der Waals surface area (Å²) in [6, 6.07) is 3.83. The molecule has 2 heterocycles. The van der Waals surface area contributed by atoms with Crippen LogP contribution in [0.1, 0.15) is 18.4 Å². The monoisotopic (exact) mass is 367 g/mol. The Kier molecular flexibility index (Phi) is 8.51. The molecule has 1 aromatic heterocycles. The maximum Gasteiger partial charge on any atom is 0.328 e. The van der Waals surface area contributed by atoms with E-state index in [1.165, 1.54) is 0 Å². The second-order valence-corrected chi connectivity index (χ2v) is 5.61. The smallest absolute Gasteiger partial charge is 0.328 e. The Hall–Kier alpha value is -2.52. The number of nitrogens with zero attached hydrogens (tertiary/aromatic N) is 2. The van der Waals surface area contributed by atoms with Crippen LogP contribution in [0.15, 0.2) is 30.5 Å². The van der Waals surface area contributed by atoms with E-state index in [1.807, 2.05) is 24.1 Å². The number of ether oxygens (including phenoxy) is 1. The van der Waals surface area contributed by atoms with Crippen molar-refractivity contribution in [3.05, 3.63) is 36.0 Å². The third-order valence-corrected chi connectivity index (χ3v) is 3.73. The molecule has 0 saturated heterocycles. The Morgan fingerprint density at radius 2 is 2.08 bits per heavy atom. The summed E-state index contributed by atoms with van der Waals surface area (Å²) >= 11 is 5.42. The summed E-state index contributed by atoms with van der Waals surface area (Å²) in [5.74, 6) is -1.87. The molecule has 136 valence electrons. The molecule has 9 heteroatoms. The molecule has 1 aliphatic rings. The van der Waals surface area contributed by atoms with Crippen LogP contribution in [0.3, 0.4) is 0 Å². The van der Waals surface area contributed by atoms with Crippen molar-refractivity contribution in [2.24, 2.45) is 5.73 Å². The highest BCUT2D eigenvalue weighted by Crippen LogP contribution is 2.23. The van der Waals surface area contributed by atoms with Crippen LogP contribution in [0.25, 0.3) is 0 Å². The van der Waals surface area contributed by atoms with E-state index in [1.54, 1.807) is 6.20 Å². The van der Waals surface area contributed by atoms with Crippen LogP contribution in [0.5, 0.6) is 5.88 Å². The summed E-state index contributed by atoms with van der Waals surface area (Å²) in [5, 5.41) is 15.6. The first kappa shape index (κ1) is 20.5. The van der Waals surface area contributed by atoms with Gasteiger partial charge in [0.1, 0.15) is 11.1 Å². The lowest BCUT2D eigenvalue weighted by Crippen LogP contribution is -2.33. The summed E-state index contributed by atoms with van der Waals surface area (Å²) in [5.41, 5.74) is 6.43. The first-order valence-corrected chi connectivity index (χ1v) is 7.97. The number of fused-ring (bicyclic) bond motifs is 1. The van der Waals surface area contributed by atoms with E-state index in [-0.39, 0.29) is 6.10 Å². The van der Waals surface area contributed by atoms with Crippen LogP contribution in [0.2, 0.25) is 0 Å². The molecule has 0 spiro atoms. The molecule has 0 bridgehead atoms. The van der Waals surface area contributed by atoms with Gasteiger partial charge in [-0.3, -0.25) is 0 Å². The number of carboxylic acid groups (broad SMARTS) is 2. The van der Waals surface area contributed by atoms with Crippen molar-refractivity contribution in [2.75, 3.05) is 20.1 Å². The van der Waals surface area contributed by atoms with E-state index in [0.29, 0.717) is 24.6 Å². The molecular weight excluding hydrogens is 346 g/mol. The minimum Gasteiger partial charge on any atom is -0.478 e. The van der Waals surface area contributed by atoms with Gasteiger partial charge in [0, 0.05) is 25.4 Å². The van der Waals surface area contributed by atoms with Crippen LogP contribution < -0.4 is 10.5 Å². The number of thiocarbonyl (C=S) groups is 1.